The molecule has 18 heavy (non-hydrogen) atoms. The summed E-state index contributed by atoms with van der Waals surface area (Å²) in [5.74, 6) is 0. The van der Waals surface area contributed by atoms with Crippen molar-refractivity contribution in [3.63, 3.8) is 0 Å². The average molecular weight is 269 g/mol. The van der Waals surface area contributed by atoms with E-state index >= 15 is 0 Å². The fourth-order valence-corrected chi connectivity index (χ4v) is 2.76. The lowest BCUT2D eigenvalue weighted by Crippen LogP contribution is -2.36. The molecule has 1 aliphatic rings. The van der Waals surface area contributed by atoms with Crippen molar-refractivity contribution >= 4 is 17.3 Å². The molecule has 1 saturated heterocycles. The number of hydrogen-bond donors (Lipinski definition) is 1. The maximum Gasteiger partial charge on any atom is 0.0642 e. The molecule has 0 unspecified atom stereocenters. The first-order valence-corrected chi connectivity index (χ1v) is 6.89. The van der Waals surface area contributed by atoms with E-state index in [-0.39, 0.29) is 0 Å². The lowest BCUT2D eigenvalue weighted by molar-refractivity contribution is 0.0855. The Morgan fingerprint density at radius 3 is 2.72 bits per heavy atom. The van der Waals surface area contributed by atoms with Gasteiger partial charge in [-0.1, -0.05) is 17.7 Å². The van der Waals surface area contributed by atoms with Crippen LogP contribution in [0.5, 0.6) is 0 Å². The number of anilines is 1. The Morgan fingerprint density at radius 2 is 2.11 bits per heavy atom. The second kappa shape index (κ2) is 6.41. The lowest BCUT2D eigenvalue weighted by atomic mass is 10.1. The van der Waals surface area contributed by atoms with Crippen LogP contribution in [0.15, 0.2) is 18.2 Å². The molecule has 0 aliphatic carbocycles. The van der Waals surface area contributed by atoms with Crippen molar-refractivity contribution in [1.29, 1.82) is 0 Å². The molecule has 4 heteroatoms. The normalized spacial score (nSPS) is 16.8. The highest BCUT2D eigenvalue weighted by Crippen LogP contribution is 2.29. The summed E-state index contributed by atoms with van der Waals surface area (Å²) >= 11 is 6.37. The van der Waals surface area contributed by atoms with Crippen LogP contribution in [0.1, 0.15) is 18.4 Å². The minimum Gasteiger partial charge on any atom is -0.381 e. The van der Waals surface area contributed by atoms with E-state index < -0.39 is 0 Å². The highest BCUT2D eigenvalue weighted by Gasteiger charge is 2.20. The quantitative estimate of drug-likeness (QED) is 0.912. The molecule has 1 aromatic carbocycles. The van der Waals surface area contributed by atoms with Crippen molar-refractivity contribution in [3.8, 4) is 0 Å². The summed E-state index contributed by atoms with van der Waals surface area (Å²) in [7, 11) is 2.11. The highest BCUT2D eigenvalue weighted by molar-refractivity contribution is 6.33. The van der Waals surface area contributed by atoms with Crippen molar-refractivity contribution in [2.24, 2.45) is 5.73 Å². The van der Waals surface area contributed by atoms with Crippen LogP contribution >= 0.6 is 11.6 Å². The molecule has 0 aromatic heterocycles. The van der Waals surface area contributed by atoms with Crippen LogP contribution in [0, 0.1) is 0 Å². The SMILES string of the molecule is CN(c1ccc(CCN)cc1Cl)C1CCOCC1. The first-order chi connectivity index (χ1) is 8.72. The maximum atomic E-state index is 6.37. The van der Waals surface area contributed by atoms with Gasteiger partial charge in [0.05, 0.1) is 10.7 Å². The number of ether oxygens (including phenoxy) is 1. The minimum absolute atomic E-state index is 0.525. The summed E-state index contributed by atoms with van der Waals surface area (Å²) in [6.07, 6.45) is 3.01. The fourth-order valence-electron chi connectivity index (χ4n) is 2.43. The molecule has 1 heterocycles. The average Bonchev–Trinajstić information content (AvgIpc) is 2.40. The standard InChI is InChI=1S/C14H21ClN2O/c1-17(12-5-8-18-9-6-12)14-3-2-11(4-7-16)10-13(14)15/h2-3,10,12H,4-9,16H2,1H3. The monoisotopic (exact) mass is 268 g/mol. The number of nitrogens with two attached hydrogens (primary N) is 1. The van der Waals surface area contributed by atoms with Crippen LogP contribution < -0.4 is 10.6 Å². The number of hydrogen-bond acceptors (Lipinski definition) is 3. The molecule has 0 spiro atoms. The number of rotatable bonds is 4. The van der Waals surface area contributed by atoms with Gasteiger partial charge in [-0.05, 0) is 43.5 Å². The van der Waals surface area contributed by atoms with E-state index in [1.165, 1.54) is 5.56 Å². The smallest absolute Gasteiger partial charge is 0.0642 e. The maximum absolute atomic E-state index is 6.37. The van der Waals surface area contributed by atoms with Crippen molar-refractivity contribution in [3.05, 3.63) is 28.8 Å². The van der Waals surface area contributed by atoms with E-state index in [0.29, 0.717) is 12.6 Å². The number of benzene rings is 1. The van der Waals surface area contributed by atoms with Crippen LogP contribution in [-0.2, 0) is 11.2 Å². The van der Waals surface area contributed by atoms with Crippen LogP contribution in [-0.4, -0.2) is 32.8 Å². The Bertz CT molecular complexity index is 391. The molecule has 2 N–H and O–H groups in total. The summed E-state index contributed by atoms with van der Waals surface area (Å²) in [5, 5.41) is 0.815. The molecule has 100 valence electrons. The topological polar surface area (TPSA) is 38.5 Å². The van der Waals surface area contributed by atoms with Gasteiger partial charge in [-0.25, -0.2) is 0 Å². The molecular formula is C14H21ClN2O. The van der Waals surface area contributed by atoms with Gasteiger partial charge < -0.3 is 15.4 Å². The fraction of sp³-hybridized carbons (Fsp3) is 0.571. The van der Waals surface area contributed by atoms with E-state index in [1.54, 1.807) is 0 Å². The molecule has 0 bridgehead atoms. The van der Waals surface area contributed by atoms with Crippen LogP contribution in [0.25, 0.3) is 0 Å². The Labute approximate surface area is 114 Å². The first-order valence-electron chi connectivity index (χ1n) is 6.51. The molecular weight excluding hydrogens is 248 g/mol. The van der Waals surface area contributed by atoms with E-state index in [2.05, 4.69) is 24.1 Å². The largest absolute Gasteiger partial charge is 0.381 e. The molecule has 1 fully saturated rings. The van der Waals surface area contributed by atoms with E-state index in [4.69, 9.17) is 22.1 Å². The Balaban J connectivity index is 2.11. The van der Waals surface area contributed by atoms with Crippen LogP contribution in [0.4, 0.5) is 5.69 Å². The summed E-state index contributed by atoms with van der Waals surface area (Å²) in [4.78, 5) is 2.27. The van der Waals surface area contributed by atoms with Crippen LogP contribution in [0.2, 0.25) is 5.02 Å². The third-order valence-electron chi connectivity index (χ3n) is 3.56. The van der Waals surface area contributed by atoms with Crippen molar-refractivity contribution in [2.75, 3.05) is 31.7 Å². The number of nitrogens with zero attached hydrogens (tertiary/aromatic N) is 1. The van der Waals surface area contributed by atoms with E-state index in [0.717, 1.165) is 43.2 Å². The summed E-state index contributed by atoms with van der Waals surface area (Å²) in [5.41, 5.74) is 7.86. The zero-order valence-electron chi connectivity index (χ0n) is 10.9. The molecule has 1 aromatic rings. The van der Waals surface area contributed by atoms with E-state index in [1.807, 2.05) is 6.07 Å². The Kier molecular flexibility index (Phi) is 4.87. The second-order valence-corrected chi connectivity index (χ2v) is 5.19. The van der Waals surface area contributed by atoms with Crippen LogP contribution in [0.3, 0.4) is 0 Å². The summed E-state index contributed by atoms with van der Waals surface area (Å²) in [6, 6.07) is 6.77. The second-order valence-electron chi connectivity index (χ2n) is 4.78. The van der Waals surface area contributed by atoms with Crippen molar-refractivity contribution in [1.82, 2.24) is 0 Å². The third kappa shape index (κ3) is 3.16. The zero-order valence-corrected chi connectivity index (χ0v) is 11.6. The van der Waals surface area contributed by atoms with Gasteiger partial charge >= 0.3 is 0 Å². The molecule has 0 atom stereocenters. The Morgan fingerprint density at radius 1 is 1.39 bits per heavy atom. The van der Waals surface area contributed by atoms with Crippen molar-refractivity contribution in [2.45, 2.75) is 25.3 Å². The summed E-state index contributed by atoms with van der Waals surface area (Å²) in [6.45, 7) is 2.35. The molecule has 0 saturated carbocycles. The van der Waals surface area contributed by atoms with Gasteiger partial charge in [-0.15, -0.1) is 0 Å². The van der Waals surface area contributed by atoms with Gasteiger partial charge in [-0.2, -0.15) is 0 Å². The predicted molar refractivity (Wildman–Crippen MR) is 76.5 cm³/mol. The minimum atomic E-state index is 0.525. The van der Waals surface area contributed by atoms with Gasteiger partial charge in [0.1, 0.15) is 0 Å². The van der Waals surface area contributed by atoms with Gasteiger partial charge in [0.2, 0.25) is 0 Å². The first kappa shape index (κ1) is 13.7. The van der Waals surface area contributed by atoms with Gasteiger partial charge in [0, 0.05) is 26.3 Å². The van der Waals surface area contributed by atoms with Gasteiger partial charge in [-0.3, -0.25) is 0 Å². The summed E-state index contributed by atoms with van der Waals surface area (Å²) < 4.78 is 5.39. The molecule has 0 radical (unpaired) electrons. The highest BCUT2D eigenvalue weighted by atomic mass is 35.5. The molecule has 1 aliphatic heterocycles. The molecule has 3 nitrogen and oxygen atoms in total. The lowest BCUT2D eigenvalue weighted by Gasteiger charge is -2.33. The molecule has 0 amide bonds. The third-order valence-corrected chi connectivity index (χ3v) is 3.87. The Hall–Kier alpha value is -0.770. The zero-order chi connectivity index (χ0) is 13.0. The van der Waals surface area contributed by atoms with Crippen molar-refractivity contribution < 1.29 is 4.74 Å². The van der Waals surface area contributed by atoms with Gasteiger partial charge in [0.25, 0.3) is 0 Å². The number of halogens is 1. The molecule has 2 rings (SSSR count). The predicted octanol–water partition coefficient (Wildman–Crippen LogP) is 2.46. The van der Waals surface area contributed by atoms with E-state index in [9.17, 15) is 0 Å². The van der Waals surface area contributed by atoms with Gasteiger partial charge in [0.15, 0.2) is 0 Å².